The molecule has 0 aliphatic heterocycles. The van der Waals surface area contributed by atoms with Crippen LogP contribution in [0.25, 0.3) is 0 Å². The van der Waals surface area contributed by atoms with E-state index in [1.54, 1.807) is 0 Å². The first-order valence-corrected chi connectivity index (χ1v) is 4.03. The topological polar surface area (TPSA) is 57.5 Å². The van der Waals surface area contributed by atoms with Crippen molar-refractivity contribution in [1.29, 1.82) is 0 Å². The van der Waals surface area contributed by atoms with E-state index in [0.29, 0.717) is 12.1 Å². The Labute approximate surface area is 86.9 Å². The lowest BCUT2D eigenvalue weighted by Crippen LogP contribution is -2.16. The molecule has 3 nitrogen and oxygen atoms in total. The summed E-state index contributed by atoms with van der Waals surface area (Å²) in [5.41, 5.74) is -2.68. The van der Waals surface area contributed by atoms with Gasteiger partial charge in [-0.15, -0.1) is 0 Å². The molecule has 88 valence electrons. The van der Waals surface area contributed by atoms with Crippen LogP contribution in [-0.4, -0.2) is 16.2 Å². The molecule has 0 saturated carbocycles. The van der Waals surface area contributed by atoms with E-state index in [9.17, 15) is 22.4 Å². The van der Waals surface area contributed by atoms with Gasteiger partial charge in [0.15, 0.2) is 6.10 Å². The zero-order valence-corrected chi connectivity index (χ0v) is 7.62. The van der Waals surface area contributed by atoms with Crippen molar-refractivity contribution in [3.8, 4) is 0 Å². The van der Waals surface area contributed by atoms with Crippen LogP contribution in [0.4, 0.5) is 17.6 Å². The summed E-state index contributed by atoms with van der Waals surface area (Å²) >= 11 is 0. The Morgan fingerprint density at radius 3 is 1.94 bits per heavy atom. The minimum atomic E-state index is -3.42. The summed E-state index contributed by atoms with van der Waals surface area (Å²) in [5.74, 6) is -4.80. The quantitative estimate of drug-likeness (QED) is 0.792. The summed E-state index contributed by atoms with van der Waals surface area (Å²) < 4.78 is 50.8. The maximum absolute atomic E-state index is 13.1. The van der Waals surface area contributed by atoms with Gasteiger partial charge in [0.05, 0.1) is 5.56 Å². The third-order valence-electron chi connectivity index (χ3n) is 1.91. The van der Waals surface area contributed by atoms with Gasteiger partial charge in [0.1, 0.15) is 11.6 Å². The largest absolute Gasteiger partial charge is 0.479 e. The van der Waals surface area contributed by atoms with Gasteiger partial charge in [-0.2, -0.15) is 0 Å². The fraction of sp³-hybridized carbons (Fsp3) is 0.222. The fourth-order valence-corrected chi connectivity index (χ4v) is 1.21. The lowest BCUT2D eigenvalue weighted by molar-refractivity contribution is -0.147. The molecule has 0 spiro atoms. The van der Waals surface area contributed by atoms with Gasteiger partial charge in [-0.1, -0.05) is 0 Å². The van der Waals surface area contributed by atoms with Crippen LogP contribution in [0.3, 0.4) is 0 Å². The van der Waals surface area contributed by atoms with Crippen molar-refractivity contribution >= 4 is 5.97 Å². The van der Waals surface area contributed by atoms with E-state index in [4.69, 9.17) is 10.2 Å². The van der Waals surface area contributed by atoms with Crippen LogP contribution < -0.4 is 0 Å². The van der Waals surface area contributed by atoms with Crippen LogP contribution in [0.15, 0.2) is 12.1 Å². The summed E-state index contributed by atoms with van der Waals surface area (Å²) in [7, 11) is 0. The van der Waals surface area contributed by atoms with Gasteiger partial charge in [0.2, 0.25) is 0 Å². The standard InChI is InChI=1S/C9H6F4O3/c10-3-1-2-4(11)6(8(12)13)5(3)7(14)9(15)16/h1-2,7-8,14H,(H,15,16). The minimum Gasteiger partial charge on any atom is -0.479 e. The Kier molecular flexibility index (Phi) is 3.48. The van der Waals surface area contributed by atoms with Gasteiger partial charge in [-0.05, 0) is 12.1 Å². The monoisotopic (exact) mass is 238 g/mol. The van der Waals surface area contributed by atoms with Gasteiger partial charge < -0.3 is 10.2 Å². The van der Waals surface area contributed by atoms with Crippen LogP contribution in [0, 0.1) is 11.6 Å². The number of carboxylic acids is 1. The first-order chi connectivity index (χ1) is 7.36. The Morgan fingerprint density at radius 1 is 1.12 bits per heavy atom. The van der Waals surface area contributed by atoms with E-state index in [0.717, 1.165) is 0 Å². The molecular weight excluding hydrogens is 232 g/mol. The van der Waals surface area contributed by atoms with Gasteiger partial charge in [0.25, 0.3) is 6.43 Å². The van der Waals surface area contributed by atoms with E-state index in [2.05, 4.69) is 0 Å². The van der Waals surface area contributed by atoms with Gasteiger partial charge in [-0.3, -0.25) is 0 Å². The van der Waals surface area contributed by atoms with Gasteiger partial charge in [0, 0.05) is 5.56 Å². The van der Waals surface area contributed by atoms with E-state index >= 15 is 0 Å². The number of carbonyl (C=O) groups is 1. The molecule has 0 saturated heterocycles. The molecule has 1 aromatic carbocycles. The third-order valence-corrected chi connectivity index (χ3v) is 1.91. The number of benzene rings is 1. The highest BCUT2D eigenvalue weighted by Crippen LogP contribution is 2.32. The van der Waals surface area contributed by atoms with E-state index < -0.39 is 41.3 Å². The SMILES string of the molecule is O=C(O)C(O)c1c(F)ccc(F)c1C(F)F. The maximum atomic E-state index is 13.1. The Morgan fingerprint density at radius 2 is 1.56 bits per heavy atom. The molecule has 0 heterocycles. The molecule has 1 aromatic rings. The van der Waals surface area contributed by atoms with Crippen molar-refractivity contribution in [2.45, 2.75) is 12.5 Å². The predicted octanol–water partition coefficient (Wildman–Crippen LogP) is 2.02. The first kappa shape index (κ1) is 12.4. The highest BCUT2D eigenvalue weighted by Gasteiger charge is 2.29. The second kappa shape index (κ2) is 4.48. The molecule has 0 radical (unpaired) electrons. The van der Waals surface area contributed by atoms with E-state index in [1.165, 1.54) is 0 Å². The van der Waals surface area contributed by atoms with Crippen LogP contribution in [0.2, 0.25) is 0 Å². The molecule has 16 heavy (non-hydrogen) atoms. The van der Waals surface area contributed by atoms with Crippen LogP contribution in [-0.2, 0) is 4.79 Å². The van der Waals surface area contributed by atoms with E-state index in [-0.39, 0.29) is 0 Å². The Bertz CT molecular complexity index is 419. The second-order valence-electron chi connectivity index (χ2n) is 2.90. The second-order valence-corrected chi connectivity index (χ2v) is 2.90. The summed E-state index contributed by atoms with van der Waals surface area (Å²) in [6, 6.07) is 0.914. The fourth-order valence-electron chi connectivity index (χ4n) is 1.21. The Hall–Kier alpha value is -1.63. The molecule has 1 unspecified atom stereocenters. The lowest BCUT2D eigenvalue weighted by atomic mass is 10.0. The zero-order valence-electron chi connectivity index (χ0n) is 7.62. The normalized spacial score (nSPS) is 12.9. The smallest absolute Gasteiger partial charge is 0.337 e. The average molecular weight is 238 g/mol. The molecule has 0 aromatic heterocycles. The van der Waals surface area contributed by atoms with Gasteiger partial charge >= 0.3 is 5.97 Å². The van der Waals surface area contributed by atoms with Crippen molar-refractivity contribution in [1.82, 2.24) is 0 Å². The molecule has 0 bridgehead atoms. The number of halogens is 4. The minimum absolute atomic E-state index is 0.439. The number of rotatable bonds is 3. The van der Waals surface area contributed by atoms with Gasteiger partial charge in [-0.25, -0.2) is 22.4 Å². The third kappa shape index (κ3) is 2.13. The number of hydrogen-bond donors (Lipinski definition) is 2. The lowest BCUT2D eigenvalue weighted by Gasteiger charge is -2.13. The molecule has 1 rings (SSSR count). The van der Waals surface area contributed by atoms with E-state index in [1.807, 2.05) is 0 Å². The van der Waals surface area contributed by atoms with Crippen LogP contribution in [0.5, 0.6) is 0 Å². The first-order valence-electron chi connectivity index (χ1n) is 4.03. The van der Waals surface area contributed by atoms with Crippen molar-refractivity contribution in [2.75, 3.05) is 0 Å². The summed E-state index contributed by atoms with van der Waals surface area (Å²) in [4.78, 5) is 10.4. The number of alkyl halides is 2. The summed E-state index contributed by atoms with van der Waals surface area (Å²) in [6.07, 6.45) is -5.95. The maximum Gasteiger partial charge on any atom is 0.337 e. The van der Waals surface area contributed by atoms with Crippen molar-refractivity contribution < 1.29 is 32.6 Å². The summed E-state index contributed by atoms with van der Waals surface area (Å²) in [5, 5.41) is 17.4. The molecule has 0 fully saturated rings. The molecule has 1 atom stereocenters. The molecule has 0 aliphatic carbocycles. The highest BCUT2D eigenvalue weighted by atomic mass is 19.3. The Balaban J connectivity index is 3.45. The van der Waals surface area contributed by atoms with Crippen molar-refractivity contribution in [2.24, 2.45) is 0 Å². The molecule has 0 aliphatic rings. The molecule has 0 amide bonds. The van der Waals surface area contributed by atoms with Crippen LogP contribution in [0.1, 0.15) is 23.7 Å². The number of aliphatic hydroxyl groups is 1. The number of hydrogen-bond acceptors (Lipinski definition) is 2. The average Bonchev–Trinajstić information content (AvgIpc) is 2.19. The molecule has 2 N–H and O–H groups in total. The molecule has 7 heteroatoms. The predicted molar refractivity (Wildman–Crippen MR) is 43.9 cm³/mol. The number of aliphatic hydroxyl groups excluding tert-OH is 1. The number of aliphatic carboxylic acids is 1. The van der Waals surface area contributed by atoms with Crippen molar-refractivity contribution in [3.63, 3.8) is 0 Å². The molecular formula is C9H6F4O3. The number of carboxylic acid groups (broad SMARTS) is 1. The summed E-state index contributed by atoms with van der Waals surface area (Å²) in [6.45, 7) is 0. The van der Waals surface area contributed by atoms with Crippen molar-refractivity contribution in [3.05, 3.63) is 34.9 Å². The van der Waals surface area contributed by atoms with Crippen LogP contribution >= 0.6 is 0 Å². The zero-order chi connectivity index (χ0) is 12.5. The highest BCUT2D eigenvalue weighted by molar-refractivity contribution is 5.74.